The van der Waals surface area contributed by atoms with Crippen LogP contribution in [0.5, 0.6) is 0 Å². The van der Waals surface area contributed by atoms with Crippen molar-refractivity contribution in [3.05, 3.63) is 68.9 Å². The van der Waals surface area contributed by atoms with Crippen molar-refractivity contribution < 1.29 is 18.5 Å². The van der Waals surface area contributed by atoms with Gasteiger partial charge in [0, 0.05) is 37.9 Å². The first-order valence-electron chi connectivity index (χ1n) is 8.98. The molecular weight excluding hydrogens is 383 g/mol. The number of hydrogen-bond donors (Lipinski definition) is 0. The van der Waals surface area contributed by atoms with E-state index in [9.17, 15) is 24.1 Å². The van der Waals surface area contributed by atoms with Crippen molar-refractivity contribution in [1.82, 2.24) is 9.47 Å². The van der Waals surface area contributed by atoms with Crippen molar-refractivity contribution in [2.45, 2.75) is 6.54 Å². The number of nitro benzene ring substituents is 1. The van der Waals surface area contributed by atoms with Gasteiger partial charge < -0.3 is 14.2 Å². The summed E-state index contributed by atoms with van der Waals surface area (Å²) in [6, 6.07) is 10.0. The number of amides is 1. The van der Waals surface area contributed by atoms with Crippen LogP contribution in [0.4, 0.5) is 15.8 Å². The fourth-order valence-corrected chi connectivity index (χ4v) is 3.42. The highest BCUT2D eigenvalue weighted by molar-refractivity contribution is 5.81. The monoisotopic (exact) mass is 400 g/mol. The van der Waals surface area contributed by atoms with E-state index in [0.717, 1.165) is 5.69 Å². The number of non-ortho nitro benzene ring substituents is 1. The van der Waals surface area contributed by atoms with Crippen molar-refractivity contribution in [3.63, 3.8) is 0 Å². The van der Waals surface area contributed by atoms with Gasteiger partial charge in [-0.1, -0.05) is 0 Å². The summed E-state index contributed by atoms with van der Waals surface area (Å²) < 4.78 is 19.3. The van der Waals surface area contributed by atoms with Crippen molar-refractivity contribution in [2.24, 2.45) is 0 Å². The fraction of sp³-hybridized carbons (Fsp3) is 0.263. The number of oxazole rings is 1. The second-order valence-electron chi connectivity index (χ2n) is 6.71. The first kappa shape index (κ1) is 18.7. The summed E-state index contributed by atoms with van der Waals surface area (Å²) in [5.41, 5.74) is 1.09. The Morgan fingerprint density at radius 2 is 1.79 bits per heavy atom. The average molecular weight is 400 g/mol. The van der Waals surface area contributed by atoms with Crippen LogP contribution in [0.2, 0.25) is 0 Å². The summed E-state index contributed by atoms with van der Waals surface area (Å²) in [6.07, 6.45) is 0. The molecule has 0 bridgehead atoms. The van der Waals surface area contributed by atoms with E-state index in [1.54, 1.807) is 17.0 Å². The minimum absolute atomic E-state index is 0.0677. The molecule has 1 aliphatic heterocycles. The predicted octanol–water partition coefficient (Wildman–Crippen LogP) is 1.99. The molecule has 2 aromatic carbocycles. The molecule has 2 heterocycles. The molecule has 0 atom stereocenters. The van der Waals surface area contributed by atoms with Gasteiger partial charge in [-0.15, -0.1) is 0 Å². The molecule has 1 fully saturated rings. The second-order valence-corrected chi connectivity index (χ2v) is 6.71. The predicted molar refractivity (Wildman–Crippen MR) is 102 cm³/mol. The van der Waals surface area contributed by atoms with Crippen LogP contribution in [-0.4, -0.2) is 46.5 Å². The van der Waals surface area contributed by atoms with Gasteiger partial charge in [-0.2, -0.15) is 0 Å². The lowest BCUT2D eigenvalue weighted by Crippen LogP contribution is -2.50. The quantitative estimate of drug-likeness (QED) is 0.490. The molecule has 0 N–H and O–H groups in total. The Labute approximate surface area is 163 Å². The number of anilines is 1. The summed E-state index contributed by atoms with van der Waals surface area (Å²) in [5.74, 6) is -1.28. The molecule has 0 spiro atoms. The largest absolute Gasteiger partial charge is 0.420 e. The molecule has 0 unspecified atom stereocenters. The Kier molecular flexibility index (Phi) is 4.75. The van der Waals surface area contributed by atoms with Gasteiger partial charge in [0.2, 0.25) is 5.91 Å². The van der Waals surface area contributed by atoms with Gasteiger partial charge in [0.25, 0.3) is 5.69 Å². The molecule has 3 aromatic rings. The van der Waals surface area contributed by atoms with Gasteiger partial charge in [-0.05, 0) is 30.3 Å². The van der Waals surface area contributed by atoms with E-state index >= 15 is 0 Å². The van der Waals surface area contributed by atoms with Gasteiger partial charge in [-0.3, -0.25) is 19.5 Å². The molecule has 9 nitrogen and oxygen atoms in total. The van der Waals surface area contributed by atoms with Crippen molar-refractivity contribution >= 4 is 28.4 Å². The van der Waals surface area contributed by atoms with E-state index in [1.807, 2.05) is 0 Å². The highest BCUT2D eigenvalue weighted by Crippen LogP contribution is 2.21. The molecule has 1 aromatic heterocycles. The Morgan fingerprint density at radius 1 is 1.10 bits per heavy atom. The first-order chi connectivity index (χ1) is 13.9. The summed E-state index contributed by atoms with van der Waals surface area (Å²) in [4.78, 5) is 38.8. The van der Waals surface area contributed by atoms with Crippen molar-refractivity contribution in [1.29, 1.82) is 0 Å². The maximum atomic E-state index is 13.1. The van der Waals surface area contributed by atoms with Crippen molar-refractivity contribution in [3.8, 4) is 0 Å². The normalized spacial score (nSPS) is 14.4. The molecular formula is C19H17FN4O5. The van der Waals surface area contributed by atoms with Crippen LogP contribution in [-0.2, 0) is 11.3 Å². The summed E-state index contributed by atoms with van der Waals surface area (Å²) >= 11 is 0. The lowest BCUT2D eigenvalue weighted by Gasteiger charge is -2.36. The summed E-state index contributed by atoms with van der Waals surface area (Å²) in [5, 5.41) is 10.9. The van der Waals surface area contributed by atoms with Crippen LogP contribution in [0.3, 0.4) is 0 Å². The summed E-state index contributed by atoms with van der Waals surface area (Å²) in [7, 11) is 0. The van der Waals surface area contributed by atoms with E-state index in [1.165, 1.54) is 34.9 Å². The van der Waals surface area contributed by atoms with E-state index in [0.29, 0.717) is 31.7 Å². The SMILES string of the molecule is O=C(Cn1c(=O)oc2cc([N+](=O)[O-])ccc21)N1CCN(c2ccc(F)cc2)CC1. The number of fused-ring (bicyclic) bond motifs is 1. The van der Waals surface area contributed by atoms with E-state index in [2.05, 4.69) is 4.90 Å². The Bertz CT molecular complexity index is 1130. The van der Waals surface area contributed by atoms with E-state index < -0.39 is 10.7 Å². The van der Waals surface area contributed by atoms with E-state index in [-0.39, 0.29) is 29.5 Å². The number of benzene rings is 2. The number of nitrogens with zero attached hydrogens (tertiary/aromatic N) is 4. The molecule has 0 saturated carbocycles. The van der Waals surface area contributed by atoms with Crippen LogP contribution < -0.4 is 10.7 Å². The molecule has 1 aliphatic rings. The minimum atomic E-state index is -0.737. The number of rotatable bonds is 4. The maximum Gasteiger partial charge on any atom is 0.420 e. The smallest absolute Gasteiger partial charge is 0.407 e. The van der Waals surface area contributed by atoms with Gasteiger partial charge >= 0.3 is 5.76 Å². The van der Waals surface area contributed by atoms with Gasteiger partial charge in [0.1, 0.15) is 12.4 Å². The average Bonchev–Trinajstić information content (AvgIpc) is 3.03. The zero-order valence-electron chi connectivity index (χ0n) is 15.3. The van der Waals surface area contributed by atoms with Crippen LogP contribution >= 0.6 is 0 Å². The number of piperazine rings is 1. The third-order valence-corrected chi connectivity index (χ3v) is 4.98. The Hall–Kier alpha value is -3.69. The van der Waals surface area contributed by atoms with Crippen LogP contribution in [0, 0.1) is 15.9 Å². The maximum absolute atomic E-state index is 13.1. The zero-order chi connectivity index (χ0) is 20.5. The lowest BCUT2D eigenvalue weighted by atomic mass is 10.2. The number of carbonyl (C=O) groups is 1. The number of hydrogen-bond acceptors (Lipinski definition) is 6. The number of aromatic nitrogens is 1. The standard InChI is InChI=1S/C19H17FN4O5/c20-13-1-3-14(4-2-13)21-7-9-22(10-8-21)18(25)12-23-16-6-5-15(24(27)28)11-17(16)29-19(23)26/h1-6,11H,7-10,12H2. The van der Waals surface area contributed by atoms with Crippen LogP contribution in [0.15, 0.2) is 51.7 Å². The van der Waals surface area contributed by atoms with Gasteiger partial charge in [0.05, 0.1) is 16.5 Å². The number of nitro groups is 1. The lowest BCUT2D eigenvalue weighted by molar-refractivity contribution is -0.384. The Morgan fingerprint density at radius 3 is 2.45 bits per heavy atom. The molecule has 4 rings (SSSR count). The third-order valence-electron chi connectivity index (χ3n) is 4.98. The van der Waals surface area contributed by atoms with Crippen LogP contribution in [0.1, 0.15) is 0 Å². The van der Waals surface area contributed by atoms with Gasteiger partial charge in [0.15, 0.2) is 5.58 Å². The fourth-order valence-electron chi connectivity index (χ4n) is 3.42. The molecule has 29 heavy (non-hydrogen) atoms. The molecule has 0 aliphatic carbocycles. The second kappa shape index (κ2) is 7.38. The topological polar surface area (TPSA) is 102 Å². The zero-order valence-corrected chi connectivity index (χ0v) is 15.3. The highest BCUT2D eigenvalue weighted by Gasteiger charge is 2.23. The Balaban J connectivity index is 1.45. The highest BCUT2D eigenvalue weighted by atomic mass is 19.1. The molecule has 1 amide bonds. The number of halogens is 1. The molecule has 1 saturated heterocycles. The van der Waals surface area contributed by atoms with Gasteiger partial charge in [-0.25, -0.2) is 9.18 Å². The van der Waals surface area contributed by atoms with Crippen molar-refractivity contribution in [2.75, 3.05) is 31.1 Å². The molecule has 10 heteroatoms. The number of carbonyl (C=O) groups excluding carboxylic acids is 1. The summed E-state index contributed by atoms with van der Waals surface area (Å²) in [6.45, 7) is 1.90. The third kappa shape index (κ3) is 3.68. The molecule has 150 valence electrons. The minimum Gasteiger partial charge on any atom is -0.407 e. The van der Waals surface area contributed by atoms with Crippen LogP contribution in [0.25, 0.3) is 11.1 Å². The van der Waals surface area contributed by atoms with E-state index in [4.69, 9.17) is 4.42 Å². The molecule has 0 radical (unpaired) electrons. The first-order valence-corrected chi connectivity index (χ1v) is 8.98.